The molecule has 0 bridgehead atoms. The highest BCUT2D eigenvalue weighted by atomic mass is 16.6. The predicted octanol–water partition coefficient (Wildman–Crippen LogP) is 3.49. The van der Waals surface area contributed by atoms with Crippen LogP contribution in [0.25, 0.3) is 0 Å². The van der Waals surface area contributed by atoms with Crippen molar-refractivity contribution in [1.82, 2.24) is 5.32 Å². The second-order valence-corrected chi connectivity index (χ2v) is 6.03. The molecule has 26 heavy (non-hydrogen) atoms. The van der Waals surface area contributed by atoms with E-state index in [1.54, 1.807) is 14.2 Å². The first-order valence-electron chi connectivity index (χ1n) is 8.69. The second-order valence-electron chi connectivity index (χ2n) is 6.03. The molecule has 0 spiro atoms. The molecule has 0 radical (unpaired) electrons. The molecular weight excluding hydrogens is 330 g/mol. The standard InChI is InChI=1S/C21H25NO4/c1-4-6-16-11-15(12-19(23-2)20(16)24-3)13-22-14-17-7-5-8-18-21(17)26-10-9-25-18/h4-5,7-8,11-12,22H,1,6,9-10,13-14H2,2-3H3. The highest BCUT2D eigenvalue weighted by Gasteiger charge is 2.15. The Hall–Kier alpha value is -2.66. The molecule has 138 valence electrons. The van der Waals surface area contributed by atoms with Crippen LogP contribution in [0.2, 0.25) is 0 Å². The summed E-state index contributed by atoms with van der Waals surface area (Å²) in [7, 11) is 3.31. The molecule has 0 unspecified atom stereocenters. The Morgan fingerprint density at radius 2 is 1.92 bits per heavy atom. The summed E-state index contributed by atoms with van der Waals surface area (Å²) in [5.74, 6) is 3.15. The summed E-state index contributed by atoms with van der Waals surface area (Å²) in [5.41, 5.74) is 3.28. The predicted molar refractivity (Wildman–Crippen MR) is 101 cm³/mol. The zero-order valence-electron chi connectivity index (χ0n) is 15.3. The maximum Gasteiger partial charge on any atom is 0.165 e. The Balaban J connectivity index is 1.72. The molecule has 0 saturated heterocycles. The third-order valence-electron chi connectivity index (χ3n) is 4.27. The number of rotatable bonds is 8. The van der Waals surface area contributed by atoms with E-state index >= 15 is 0 Å². The first-order chi connectivity index (χ1) is 12.8. The van der Waals surface area contributed by atoms with Crippen LogP contribution >= 0.6 is 0 Å². The van der Waals surface area contributed by atoms with Crippen LogP contribution in [0.1, 0.15) is 16.7 Å². The summed E-state index contributed by atoms with van der Waals surface area (Å²) in [6, 6.07) is 10.1. The molecule has 1 aliphatic rings. The van der Waals surface area contributed by atoms with Gasteiger partial charge in [0.05, 0.1) is 14.2 Å². The molecule has 0 atom stereocenters. The van der Waals surface area contributed by atoms with Gasteiger partial charge in [-0.2, -0.15) is 0 Å². The van der Waals surface area contributed by atoms with E-state index in [9.17, 15) is 0 Å². The van der Waals surface area contributed by atoms with Gasteiger partial charge in [0, 0.05) is 24.2 Å². The van der Waals surface area contributed by atoms with Crippen LogP contribution < -0.4 is 24.3 Å². The smallest absolute Gasteiger partial charge is 0.165 e. The van der Waals surface area contributed by atoms with Crippen molar-refractivity contribution in [2.75, 3.05) is 27.4 Å². The van der Waals surface area contributed by atoms with Crippen molar-refractivity contribution in [3.63, 3.8) is 0 Å². The zero-order chi connectivity index (χ0) is 18.4. The van der Waals surface area contributed by atoms with Gasteiger partial charge in [0.1, 0.15) is 13.2 Å². The number of allylic oxidation sites excluding steroid dienone is 1. The van der Waals surface area contributed by atoms with Gasteiger partial charge in [-0.1, -0.05) is 24.3 Å². The van der Waals surface area contributed by atoms with Crippen molar-refractivity contribution in [2.45, 2.75) is 19.5 Å². The molecule has 1 heterocycles. The van der Waals surface area contributed by atoms with Gasteiger partial charge in [0.25, 0.3) is 0 Å². The number of fused-ring (bicyclic) bond motifs is 1. The number of benzene rings is 2. The molecule has 0 saturated carbocycles. The van der Waals surface area contributed by atoms with Crippen molar-refractivity contribution in [3.8, 4) is 23.0 Å². The normalized spacial score (nSPS) is 12.5. The van der Waals surface area contributed by atoms with Gasteiger partial charge in [-0.05, 0) is 24.1 Å². The van der Waals surface area contributed by atoms with E-state index in [2.05, 4.69) is 24.0 Å². The van der Waals surface area contributed by atoms with E-state index < -0.39 is 0 Å². The highest BCUT2D eigenvalue weighted by Crippen LogP contribution is 2.34. The summed E-state index contributed by atoms with van der Waals surface area (Å²) < 4.78 is 22.4. The number of hydrogen-bond acceptors (Lipinski definition) is 5. The number of nitrogens with one attached hydrogen (secondary N) is 1. The van der Waals surface area contributed by atoms with Gasteiger partial charge in [0.15, 0.2) is 23.0 Å². The number of methoxy groups -OCH3 is 2. The first kappa shape index (κ1) is 18.1. The zero-order valence-corrected chi connectivity index (χ0v) is 15.3. The van der Waals surface area contributed by atoms with Crippen LogP contribution in [0.15, 0.2) is 43.0 Å². The van der Waals surface area contributed by atoms with E-state index in [4.69, 9.17) is 18.9 Å². The minimum atomic E-state index is 0.588. The molecule has 0 aromatic heterocycles. The Morgan fingerprint density at radius 1 is 1.08 bits per heavy atom. The van der Waals surface area contributed by atoms with Gasteiger partial charge < -0.3 is 24.3 Å². The quantitative estimate of drug-likeness (QED) is 0.735. The average Bonchev–Trinajstić information content (AvgIpc) is 2.68. The van der Waals surface area contributed by atoms with Gasteiger partial charge in [-0.15, -0.1) is 6.58 Å². The molecule has 5 heteroatoms. The third kappa shape index (κ3) is 3.94. The van der Waals surface area contributed by atoms with Crippen molar-refractivity contribution < 1.29 is 18.9 Å². The van der Waals surface area contributed by atoms with Crippen LogP contribution in [0.3, 0.4) is 0 Å². The van der Waals surface area contributed by atoms with Crippen LogP contribution in [-0.2, 0) is 19.5 Å². The molecule has 5 nitrogen and oxygen atoms in total. The molecule has 0 aliphatic carbocycles. The fourth-order valence-electron chi connectivity index (χ4n) is 3.13. The topological polar surface area (TPSA) is 49.0 Å². The number of hydrogen-bond donors (Lipinski definition) is 1. The fraction of sp³-hybridized carbons (Fsp3) is 0.333. The Labute approximate surface area is 154 Å². The maximum atomic E-state index is 5.76. The van der Waals surface area contributed by atoms with Gasteiger partial charge in [-0.25, -0.2) is 0 Å². The summed E-state index contributed by atoms with van der Waals surface area (Å²) in [5, 5.41) is 3.47. The minimum absolute atomic E-state index is 0.588. The summed E-state index contributed by atoms with van der Waals surface area (Å²) in [6.45, 7) is 6.40. The van der Waals surface area contributed by atoms with E-state index in [0.717, 1.165) is 46.1 Å². The second kappa shape index (κ2) is 8.63. The van der Waals surface area contributed by atoms with E-state index in [1.165, 1.54) is 0 Å². The summed E-state index contributed by atoms with van der Waals surface area (Å²) in [4.78, 5) is 0. The van der Waals surface area contributed by atoms with Gasteiger partial charge in [-0.3, -0.25) is 0 Å². The summed E-state index contributed by atoms with van der Waals surface area (Å²) in [6.07, 6.45) is 2.59. The van der Waals surface area contributed by atoms with E-state index in [1.807, 2.05) is 24.3 Å². The minimum Gasteiger partial charge on any atom is -0.493 e. The van der Waals surface area contributed by atoms with Crippen LogP contribution in [0.4, 0.5) is 0 Å². The largest absolute Gasteiger partial charge is 0.493 e. The lowest BCUT2D eigenvalue weighted by molar-refractivity contribution is 0.169. The lowest BCUT2D eigenvalue weighted by atomic mass is 10.1. The van der Waals surface area contributed by atoms with Crippen molar-refractivity contribution in [2.24, 2.45) is 0 Å². The van der Waals surface area contributed by atoms with Crippen molar-refractivity contribution in [1.29, 1.82) is 0 Å². The highest BCUT2D eigenvalue weighted by molar-refractivity contribution is 5.50. The van der Waals surface area contributed by atoms with E-state index in [0.29, 0.717) is 26.3 Å². The molecule has 1 aliphatic heterocycles. The lowest BCUT2D eigenvalue weighted by Gasteiger charge is -2.21. The maximum absolute atomic E-state index is 5.76. The molecule has 3 rings (SSSR count). The molecule has 1 N–H and O–H groups in total. The number of para-hydroxylation sites is 1. The molecule has 0 amide bonds. The van der Waals surface area contributed by atoms with Crippen LogP contribution in [0.5, 0.6) is 23.0 Å². The number of ether oxygens (including phenoxy) is 4. The SMILES string of the molecule is C=CCc1cc(CNCc2cccc3c2OCCO3)cc(OC)c1OC. The van der Waals surface area contributed by atoms with Gasteiger partial charge >= 0.3 is 0 Å². The summed E-state index contributed by atoms with van der Waals surface area (Å²) >= 11 is 0. The molecule has 2 aromatic rings. The van der Waals surface area contributed by atoms with E-state index in [-0.39, 0.29) is 0 Å². The Kier molecular flexibility index (Phi) is 6.02. The first-order valence-corrected chi connectivity index (χ1v) is 8.69. The fourth-order valence-corrected chi connectivity index (χ4v) is 3.13. The lowest BCUT2D eigenvalue weighted by Crippen LogP contribution is -2.19. The Bertz CT molecular complexity index is 773. The van der Waals surface area contributed by atoms with Gasteiger partial charge in [0.2, 0.25) is 0 Å². The van der Waals surface area contributed by atoms with Crippen molar-refractivity contribution in [3.05, 3.63) is 59.7 Å². The average molecular weight is 355 g/mol. The molecule has 0 fully saturated rings. The van der Waals surface area contributed by atoms with Crippen LogP contribution in [0, 0.1) is 0 Å². The monoisotopic (exact) mass is 355 g/mol. The third-order valence-corrected chi connectivity index (χ3v) is 4.27. The Morgan fingerprint density at radius 3 is 2.69 bits per heavy atom. The van der Waals surface area contributed by atoms with Crippen molar-refractivity contribution >= 4 is 0 Å². The van der Waals surface area contributed by atoms with Crippen LogP contribution in [-0.4, -0.2) is 27.4 Å². The molecular formula is C21H25NO4. The molecule has 2 aromatic carbocycles.